The van der Waals surface area contributed by atoms with Crippen LogP contribution in [-0.2, 0) is 6.42 Å². The lowest BCUT2D eigenvalue weighted by Crippen LogP contribution is -2.26. The zero-order chi connectivity index (χ0) is 15.7. The summed E-state index contributed by atoms with van der Waals surface area (Å²) in [5, 5.41) is 11.7. The van der Waals surface area contributed by atoms with Crippen molar-refractivity contribution in [2.24, 2.45) is 0 Å². The Labute approximate surface area is 138 Å². The Balaban J connectivity index is 1.49. The topological polar surface area (TPSA) is 53.9 Å². The van der Waals surface area contributed by atoms with Gasteiger partial charge in [-0.1, -0.05) is 43.2 Å². The normalized spacial score (nSPS) is 15.2. The molecule has 0 atom stereocenters. The molecule has 0 amide bonds. The van der Waals surface area contributed by atoms with E-state index in [2.05, 4.69) is 55.7 Å². The number of rotatable bonds is 6. The molecule has 122 valence electrons. The van der Waals surface area contributed by atoms with E-state index in [0.717, 1.165) is 44.2 Å². The molecule has 1 aromatic carbocycles. The SMILES string of the molecule is c1ccc(CCCNc2cnnc(N3CCCCCC3)n2)cc1. The van der Waals surface area contributed by atoms with E-state index >= 15 is 0 Å². The Morgan fingerprint density at radius 2 is 1.78 bits per heavy atom. The minimum Gasteiger partial charge on any atom is -0.369 e. The molecule has 1 aliphatic heterocycles. The number of hydrogen-bond donors (Lipinski definition) is 1. The maximum atomic E-state index is 4.62. The van der Waals surface area contributed by atoms with Crippen LogP contribution in [0.3, 0.4) is 0 Å². The molecule has 0 unspecified atom stereocenters. The predicted molar refractivity (Wildman–Crippen MR) is 93.8 cm³/mol. The van der Waals surface area contributed by atoms with Crippen molar-refractivity contribution in [2.45, 2.75) is 38.5 Å². The van der Waals surface area contributed by atoms with Gasteiger partial charge in [-0.05, 0) is 31.2 Å². The van der Waals surface area contributed by atoms with Gasteiger partial charge in [0.05, 0.1) is 6.20 Å². The lowest BCUT2D eigenvalue weighted by Gasteiger charge is -2.19. The second-order valence-electron chi connectivity index (χ2n) is 6.06. The fourth-order valence-corrected chi connectivity index (χ4v) is 2.94. The van der Waals surface area contributed by atoms with Gasteiger partial charge in [0.1, 0.15) is 0 Å². The maximum Gasteiger partial charge on any atom is 0.247 e. The molecule has 1 saturated heterocycles. The molecule has 0 aliphatic carbocycles. The average Bonchev–Trinajstić information content (AvgIpc) is 2.89. The van der Waals surface area contributed by atoms with Crippen LogP contribution in [0.4, 0.5) is 11.8 Å². The summed E-state index contributed by atoms with van der Waals surface area (Å²) >= 11 is 0. The van der Waals surface area contributed by atoms with E-state index in [1.165, 1.54) is 31.2 Å². The molecule has 0 saturated carbocycles. The van der Waals surface area contributed by atoms with Crippen LogP contribution in [0.15, 0.2) is 36.5 Å². The lowest BCUT2D eigenvalue weighted by molar-refractivity contribution is 0.726. The third kappa shape index (κ3) is 4.91. The number of nitrogens with zero attached hydrogens (tertiary/aromatic N) is 4. The number of benzene rings is 1. The lowest BCUT2D eigenvalue weighted by atomic mass is 10.1. The number of aryl methyl sites for hydroxylation is 1. The average molecular weight is 311 g/mol. The summed E-state index contributed by atoms with van der Waals surface area (Å²) in [5.41, 5.74) is 1.38. The monoisotopic (exact) mass is 311 g/mol. The molecule has 5 heteroatoms. The second-order valence-corrected chi connectivity index (χ2v) is 6.06. The molecule has 5 nitrogen and oxygen atoms in total. The van der Waals surface area contributed by atoms with Crippen molar-refractivity contribution < 1.29 is 0 Å². The van der Waals surface area contributed by atoms with Gasteiger partial charge in [0.2, 0.25) is 5.95 Å². The van der Waals surface area contributed by atoms with Gasteiger partial charge in [0, 0.05) is 19.6 Å². The van der Waals surface area contributed by atoms with E-state index in [4.69, 9.17) is 0 Å². The van der Waals surface area contributed by atoms with Crippen molar-refractivity contribution in [3.05, 3.63) is 42.1 Å². The first kappa shape index (κ1) is 15.7. The van der Waals surface area contributed by atoms with Crippen LogP contribution in [0.5, 0.6) is 0 Å². The Morgan fingerprint density at radius 3 is 2.57 bits per heavy atom. The molecule has 0 bridgehead atoms. The van der Waals surface area contributed by atoms with Crippen molar-refractivity contribution >= 4 is 11.8 Å². The Hall–Kier alpha value is -2.17. The Kier molecular flexibility index (Phi) is 5.78. The van der Waals surface area contributed by atoms with Crippen LogP contribution in [-0.4, -0.2) is 34.8 Å². The molecule has 1 aliphatic rings. The standard InChI is InChI=1S/C18H25N5/c1-2-7-14-23(13-6-1)18-21-17(15-20-22-18)19-12-8-11-16-9-4-3-5-10-16/h3-5,9-10,15H,1-2,6-8,11-14H2,(H,19,21,22). The molecule has 2 heterocycles. The van der Waals surface area contributed by atoms with Gasteiger partial charge in [-0.3, -0.25) is 0 Å². The largest absolute Gasteiger partial charge is 0.369 e. The highest BCUT2D eigenvalue weighted by atomic mass is 15.3. The van der Waals surface area contributed by atoms with E-state index in [9.17, 15) is 0 Å². The van der Waals surface area contributed by atoms with Gasteiger partial charge in [-0.2, -0.15) is 10.1 Å². The zero-order valence-corrected chi connectivity index (χ0v) is 13.6. The molecule has 0 spiro atoms. The Morgan fingerprint density at radius 1 is 1.00 bits per heavy atom. The van der Waals surface area contributed by atoms with Gasteiger partial charge >= 0.3 is 0 Å². The smallest absolute Gasteiger partial charge is 0.247 e. The van der Waals surface area contributed by atoms with Gasteiger partial charge in [0.25, 0.3) is 0 Å². The minimum atomic E-state index is 0.764. The molecule has 3 rings (SSSR count). The van der Waals surface area contributed by atoms with Crippen LogP contribution in [0.25, 0.3) is 0 Å². The van der Waals surface area contributed by atoms with Crippen LogP contribution >= 0.6 is 0 Å². The van der Waals surface area contributed by atoms with Crippen molar-refractivity contribution in [1.29, 1.82) is 0 Å². The minimum absolute atomic E-state index is 0.764. The number of nitrogens with one attached hydrogen (secondary N) is 1. The second kappa shape index (κ2) is 8.46. The summed E-state index contributed by atoms with van der Waals surface area (Å²) in [5.74, 6) is 1.59. The predicted octanol–water partition coefficient (Wildman–Crippen LogP) is 3.30. The van der Waals surface area contributed by atoms with Crippen LogP contribution in [0, 0.1) is 0 Å². The summed E-state index contributed by atoms with van der Waals surface area (Å²) in [7, 11) is 0. The summed E-state index contributed by atoms with van der Waals surface area (Å²) in [6.07, 6.45) is 8.92. The molecule has 1 N–H and O–H groups in total. The third-order valence-electron chi connectivity index (χ3n) is 4.23. The molecule has 0 radical (unpaired) electrons. The van der Waals surface area contributed by atoms with Gasteiger partial charge in [-0.25, -0.2) is 0 Å². The first-order valence-corrected chi connectivity index (χ1v) is 8.64. The van der Waals surface area contributed by atoms with Gasteiger partial charge in [-0.15, -0.1) is 5.10 Å². The Bertz CT molecular complexity index is 579. The van der Waals surface area contributed by atoms with E-state index in [-0.39, 0.29) is 0 Å². The number of anilines is 2. The fourth-order valence-electron chi connectivity index (χ4n) is 2.94. The summed E-state index contributed by atoms with van der Waals surface area (Å²) in [6, 6.07) is 10.6. The van der Waals surface area contributed by atoms with Crippen LogP contribution < -0.4 is 10.2 Å². The quantitative estimate of drug-likeness (QED) is 0.830. The highest BCUT2D eigenvalue weighted by Crippen LogP contribution is 2.16. The number of hydrogen-bond acceptors (Lipinski definition) is 5. The third-order valence-corrected chi connectivity index (χ3v) is 4.23. The number of aromatic nitrogens is 3. The highest BCUT2D eigenvalue weighted by molar-refractivity contribution is 5.38. The summed E-state index contributed by atoms with van der Waals surface area (Å²) in [4.78, 5) is 6.88. The molecular weight excluding hydrogens is 286 g/mol. The van der Waals surface area contributed by atoms with Crippen LogP contribution in [0.2, 0.25) is 0 Å². The van der Waals surface area contributed by atoms with E-state index in [0.29, 0.717) is 0 Å². The molecule has 1 aromatic heterocycles. The van der Waals surface area contributed by atoms with Gasteiger partial charge < -0.3 is 10.2 Å². The van der Waals surface area contributed by atoms with Gasteiger partial charge in [0.15, 0.2) is 5.82 Å². The first-order valence-electron chi connectivity index (χ1n) is 8.64. The summed E-state index contributed by atoms with van der Waals surface area (Å²) < 4.78 is 0. The maximum absolute atomic E-state index is 4.62. The first-order chi connectivity index (χ1) is 11.4. The van der Waals surface area contributed by atoms with Crippen molar-refractivity contribution in [1.82, 2.24) is 15.2 Å². The molecule has 2 aromatic rings. The van der Waals surface area contributed by atoms with E-state index < -0.39 is 0 Å². The van der Waals surface area contributed by atoms with E-state index in [1.54, 1.807) is 6.20 Å². The van der Waals surface area contributed by atoms with Crippen LogP contribution in [0.1, 0.15) is 37.7 Å². The molecule has 23 heavy (non-hydrogen) atoms. The van der Waals surface area contributed by atoms with Crippen molar-refractivity contribution in [3.63, 3.8) is 0 Å². The summed E-state index contributed by atoms with van der Waals surface area (Å²) in [6.45, 7) is 2.98. The van der Waals surface area contributed by atoms with Crippen molar-refractivity contribution in [3.8, 4) is 0 Å². The van der Waals surface area contributed by atoms with E-state index in [1.807, 2.05) is 0 Å². The fraction of sp³-hybridized carbons (Fsp3) is 0.500. The molecule has 1 fully saturated rings. The highest BCUT2D eigenvalue weighted by Gasteiger charge is 2.13. The zero-order valence-electron chi connectivity index (χ0n) is 13.6. The van der Waals surface area contributed by atoms with Crippen molar-refractivity contribution in [2.75, 3.05) is 29.9 Å². The molecular formula is C18H25N5.